The summed E-state index contributed by atoms with van der Waals surface area (Å²) in [7, 11) is 0. The Kier molecular flexibility index (Phi) is 3.47. The molecule has 0 atom stereocenters. The van der Waals surface area contributed by atoms with Crippen molar-refractivity contribution in [2.45, 2.75) is 0 Å². The molecule has 0 aliphatic rings. The van der Waals surface area contributed by atoms with Gasteiger partial charge in [-0.2, -0.15) is 0 Å². The second-order valence-electron chi connectivity index (χ2n) is 5.17. The Morgan fingerprint density at radius 3 is 2.75 bits per heavy atom. The van der Waals surface area contributed by atoms with Crippen LogP contribution in [0.2, 0.25) is 0 Å². The summed E-state index contributed by atoms with van der Waals surface area (Å²) >= 11 is 1.44. The number of hydrogen-bond acceptors (Lipinski definition) is 5. The van der Waals surface area contributed by atoms with Gasteiger partial charge in [-0.25, -0.2) is 4.79 Å². The Labute approximate surface area is 140 Å². The van der Waals surface area contributed by atoms with E-state index in [9.17, 15) is 4.79 Å². The van der Waals surface area contributed by atoms with Gasteiger partial charge in [0.2, 0.25) is 5.13 Å². The second kappa shape index (κ2) is 5.78. The molecule has 0 saturated heterocycles. The molecule has 3 N–H and O–H groups in total. The number of H-pyrrole nitrogens is 1. The van der Waals surface area contributed by atoms with Gasteiger partial charge in [-0.05, 0) is 18.2 Å². The third-order valence-corrected chi connectivity index (χ3v) is 4.50. The maximum absolute atomic E-state index is 11.1. The minimum Gasteiger partial charge on any atom is -0.478 e. The van der Waals surface area contributed by atoms with Gasteiger partial charge in [-0.1, -0.05) is 41.7 Å². The molecule has 0 aliphatic carbocycles. The van der Waals surface area contributed by atoms with E-state index < -0.39 is 5.97 Å². The number of aromatic nitrogens is 3. The lowest BCUT2D eigenvalue weighted by molar-refractivity contribution is 0.0697. The van der Waals surface area contributed by atoms with E-state index >= 15 is 0 Å². The summed E-state index contributed by atoms with van der Waals surface area (Å²) in [5, 5.41) is 23.0. The smallest absolute Gasteiger partial charge is 0.335 e. The molecule has 118 valence electrons. The molecule has 0 aliphatic heterocycles. The van der Waals surface area contributed by atoms with Gasteiger partial charge in [0.1, 0.15) is 5.01 Å². The highest BCUT2D eigenvalue weighted by Gasteiger charge is 2.11. The van der Waals surface area contributed by atoms with Crippen molar-refractivity contribution >= 4 is 39.0 Å². The quantitative estimate of drug-likeness (QED) is 0.521. The van der Waals surface area contributed by atoms with Crippen molar-refractivity contribution in [1.82, 2.24) is 15.2 Å². The molecule has 2 aromatic heterocycles. The predicted molar refractivity (Wildman–Crippen MR) is 93.9 cm³/mol. The summed E-state index contributed by atoms with van der Waals surface area (Å²) in [4.78, 5) is 14.3. The first kappa shape index (κ1) is 14.4. The van der Waals surface area contributed by atoms with E-state index in [1.165, 1.54) is 11.3 Å². The fraction of sp³-hybridized carbons (Fsp3) is 0. The Bertz CT molecular complexity index is 1020. The molecule has 6 nitrogen and oxygen atoms in total. The molecule has 0 saturated carbocycles. The minimum atomic E-state index is -0.952. The molecular formula is C17H12N4O2S. The van der Waals surface area contributed by atoms with Crippen LogP contribution < -0.4 is 5.32 Å². The molecule has 0 unspecified atom stereocenters. The molecule has 4 rings (SSSR count). The van der Waals surface area contributed by atoms with Crippen LogP contribution in [-0.2, 0) is 0 Å². The number of hydrogen-bond donors (Lipinski definition) is 3. The molecule has 2 aromatic carbocycles. The lowest BCUT2D eigenvalue weighted by Gasteiger charge is -2.00. The number of nitrogens with zero attached hydrogens (tertiary/aromatic N) is 2. The average molecular weight is 336 g/mol. The van der Waals surface area contributed by atoms with Crippen LogP contribution in [0.1, 0.15) is 10.4 Å². The standard InChI is InChI=1S/C17H12N4O2S/c22-16(23)11-6-7-13-12(8-11)14(9-18-13)19-17-21-20-15(24-17)10-4-2-1-3-5-10/h1-9,18H,(H,19,21)(H,22,23). The Morgan fingerprint density at radius 1 is 1.12 bits per heavy atom. The zero-order valence-electron chi connectivity index (χ0n) is 12.4. The second-order valence-corrected chi connectivity index (χ2v) is 6.15. The minimum absolute atomic E-state index is 0.243. The van der Waals surface area contributed by atoms with Crippen molar-refractivity contribution in [3.05, 3.63) is 60.3 Å². The van der Waals surface area contributed by atoms with E-state index in [1.807, 2.05) is 30.3 Å². The number of aromatic amines is 1. The lowest BCUT2D eigenvalue weighted by Crippen LogP contribution is -1.95. The van der Waals surface area contributed by atoms with Crippen LogP contribution in [0.5, 0.6) is 0 Å². The van der Waals surface area contributed by atoms with Gasteiger partial charge >= 0.3 is 5.97 Å². The first-order chi connectivity index (χ1) is 11.7. The molecule has 2 heterocycles. The first-order valence-corrected chi connectivity index (χ1v) is 8.03. The summed E-state index contributed by atoms with van der Waals surface area (Å²) < 4.78 is 0. The summed E-state index contributed by atoms with van der Waals surface area (Å²) in [6, 6.07) is 14.8. The molecule has 24 heavy (non-hydrogen) atoms. The number of nitrogens with one attached hydrogen (secondary N) is 2. The van der Waals surface area contributed by atoms with E-state index in [2.05, 4.69) is 20.5 Å². The number of benzene rings is 2. The highest BCUT2D eigenvalue weighted by molar-refractivity contribution is 7.18. The number of aromatic carboxylic acids is 1. The van der Waals surface area contributed by atoms with Crippen LogP contribution in [-0.4, -0.2) is 26.3 Å². The maximum atomic E-state index is 11.1. The number of fused-ring (bicyclic) bond motifs is 1. The van der Waals surface area contributed by atoms with Crippen molar-refractivity contribution in [2.75, 3.05) is 5.32 Å². The van der Waals surface area contributed by atoms with E-state index in [1.54, 1.807) is 24.4 Å². The molecule has 4 aromatic rings. The summed E-state index contributed by atoms with van der Waals surface area (Å²) in [5.74, 6) is -0.952. The van der Waals surface area contributed by atoms with Gasteiger partial charge in [0.15, 0.2) is 0 Å². The van der Waals surface area contributed by atoms with Crippen molar-refractivity contribution in [1.29, 1.82) is 0 Å². The van der Waals surface area contributed by atoms with Crippen molar-refractivity contribution in [3.63, 3.8) is 0 Å². The predicted octanol–water partition coefficient (Wildman–Crippen LogP) is 4.13. The highest BCUT2D eigenvalue weighted by atomic mass is 32.1. The SMILES string of the molecule is O=C(O)c1ccc2[nH]cc(Nc3nnc(-c4ccccc4)s3)c2c1. The number of anilines is 2. The molecular weight excluding hydrogens is 324 g/mol. The number of carboxylic acids is 1. The first-order valence-electron chi connectivity index (χ1n) is 7.21. The van der Waals surface area contributed by atoms with E-state index in [4.69, 9.17) is 5.11 Å². The topological polar surface area (TPSA) is 90.9 Å². The third-order valence-electron chi connectivity index (χ3n) is 3.62. The molecule has 7 heteroatoms. The van der Waals surface area contributed by atoms with Gasteiger partial charge in [-0.15, -0.1) is 10.2 Å². The summed E-state index contributed by atoms with van der Waals surface area (Å²) in [5.41, 5.74) is 2.88. The number of rotatable bonds is 4. The highest BCUT2D eigenvalue weighted by Crippen LogP contribution is 2.31. The molecule has 0 spiro atoms. The van der Waals surface area contributed by atoms with Gasteiger partial charge in [0.05, 0.1) is 11.3 Å². The van der Waals surface area contributed by atoms with Crippen molar-refractivity contribution in [3.8, 4) is 10.6 Å². The van der Waals surface area contributed by atoms with Crippen LogP contribution in [0.4, 0.5) is 10.8 Å². The molecule has 0 fully saturated rings. The van der Waals surface area contributed by atoms with Crippen LogP contribution in [0, 0.1) is 0 Å². The van der Waals surface area contributed by atoms with Crippen LogP contribution >= 0.6 is 11.3 Å². The zero-order chi connectivity index (χ0) is 16.5. The van der Waals surface area contributed by atoms with Gasteiger partial charge < -0.3 is 15.4 Å². The van der Waals surface area contributed by atoms with Crippen molar-refractivity contribution in [2.24, 2.45) is 0 Å². The van der Waals surface area contributed by atoms with Crippen LogP contribution in [0.25, 0.3) is 21.5 Å². The van der Waals surface area contributed by atoms with E-state index in [-0.39, 0.29) is 5.56 Å². The fourth-order valence-corrected chi connectivity index (χ4v) is 3.20. The Hall–Kier alpha value is -3.19. The van der Waals surface area contributed by atoms with Crippen LogP contribution in [0.15, 0.2) is 54.7 Å². The zero-order valence-corrected chi connectivity index (χ0v) is 13.2. The normalized spacial score (nSPS) is 10.8. The van der Waals surface area contributed by atoms with E-state index in [0.29, 0.717) is 5.13 Å². The number of carbonyl (C=O) groups is 1. The Balaban J connectivity index is 1.66. The number of carboxylic acid groups (broad SMARTS) is 1. The molecule has 0 radical (unpaired) electrons. The van der Waals surface area contributed by atoms with Gasteiger partial charge in [0, 0.05) is 22.7 Å². The Morgan fingerprint density at radius 2 is 1.96 bits per heavy atom. The van der Waals surface area contributed by atoms with E-state index in [0.717, 1.165) is 27.2 Å². The summed E-state index contributed by atoms with van der Waals surface area (Å²) in [6.07, 6.45) is 1.79. The molecule has 0 amide bonds. The monoisotopic (exact) mass is 336 g/mol. The fourth-order valence-electron chi connectivity index (χ4n) is 2.44. The lowest BCUT2D eigenvalue weighted by atomic mass is 10.1. The van der Waals surface area contributed by atoms with Crippen LogP contribution in [0.3, 0.4) is 0 Å². The van der Waals surface area contributed by atoms with Gasteiger partial charge in [-0.3, -0.25) is 0 Å². The largest absolute Gasteiger partial charge is 0.478 e. The summed E-state index contributed by atoms with van der Waals surface area (Å²) in [6.45, 7) is 0. The third kappa shape index (κ3) is 2.61. The van der Waals surface area contributed by atoms with Gasteiger partial charge in [0.25, 0.3) is 0 Å². The average Bonchev–Trinajstić information content (AvgIpc) is 3.23. The maximum Gasteiger partial charge on any atom is 0.335 e. The molecule has 0 bridgehead atoms. The van der Waals surface area contributed by atoms with Crippen molar-refractivity contribution < 1.29 is 9.90 Å².